The van der Waals surface area contributed by atoms with E-state index >= 15 is 0 Å². The predicted octanol–water partition coefficient (Wildman–Crippen LogP) is 1.70. The number of benzene rings is 1. The molecule has 0 atom stereocenters. The normalized spacial score (nSPS) is 12.3. The van der Waals surface area contributed by atoms with Crippen molar-refractivity contribution < 1.29 is 13.5 Å². The Kier molecular flexibility index (Phi) is 6.19. The van der Waals surface area contributed by atoms with Gasteiger partial charge in [-0.1, -0.05) is 6.92 Å². The van der Waals surface area contributed by atoms with E-state index in [1.54, 1.807) is 12.1 Å². The lowest BCUT2D eigenvalue weighted by Gasteiger charge is -2.18. The molecule has 21 heavy (non-hydrogen) atoms. The molecule has 0 bridgehead atoms. The second-order valence-corrected chi connectivity index (χ2v) is 7.99. The van der Waals surface area contributed by atoms with Crippen molar-refractivity contribution in [3.63, 3.8) is 0 Å². The standard InChI is InChI=1S/C15H26N2O3S/c1-6-7-21(19,20)14-8-12(10-16(2)3)15(18)13(9-14)11-17(4)5/h8-9,18H,6-7,10-11H2,1-5H3. The Hall–Kier alpha value is -1.11. The fraction of sp³-hybridized carbons (Fsp3) is 0.600. The molecular weight excluding hydrogens is 288 g/mol. The summed E-state index contributed by atoms with van der Waals surface area (Å²) < 4.78 is 24.6. The SMILES string of the molecule is CCCS(=O)(=O)c1cc(CN(C)C)c(O)c(CN(C)C)c1. The van der Waals surface area contributed by atoms with Crippen molar-refractivity contribution in [2.24, 2.45) is 0 Å². The Bertz CT molecular complexity index is 550. The van der Waals surface area contributed by atoms with E-state index in [9.17, 15) is 13.5 Å². The zero-order valence-electron chi connectivity index (χ0n) is 13.5. The molecule has 0 unspecified atom stereocenters. The monoisotopic (exact) mass is 314 g/mol. The average Bonchev–Trinajstić information content (AvgIpc) is 2.32. The quantitative estimate of drug-likeness (QED) is 0.830. The van der Waals surface area contributed by atoms with Crippen molar-refractivity contribution in [1.82, 2.24) is 9.80 Å². The highest BCUT2D eigenvalue weighted by molar-refractivity contribution is 7.91. The van der Waals surface area contributed by atoms with Crippen LogP contribution in [0, 0.1) is 0 Å². The highest BCUT2D eigenvalue weighted by Gasteiger charge is 2.19. The molecule has 1 aromatic rings. The molecule has 6 heteroatoms. The molecule has 0 aliphatic heterocycles. The van der Waals surface area contributed by atoms with Crippen molar-refractivity contribution in [3.05, 3.63) is 23.3 Å². The van der Waals surface area contributed by atoms with Crippen LogP contribution in [0.3, 0.4) is 0 Å². The first-order valence-corrected chi connectivity index (χ1v) is 8.69. The fourth-order valence-corrected chi connectivity index (χ4v) is 3.63. The minimum atomic E-state index is -3.29. The summed E-state index contributed by atoms with van der Waals surface area (Å²) in [6.45, 7) is 2.85. The molecule has 0 heterocycles. The van der Waals surface area contributed by atoms with Gasteiger partial charge >= 0.3 is 0 Å². The second kappa shape index (κ2) is 7.24. The minimum absolute atomic E-state index is 0.126. The topological polar surface area (TPSA) is 60.9 Å². The van der Waals surface area contributed by atoms with Crippen molar-refractivity contribution in [1.29, 1.82) is 0 Å². The molecule has 0 aliphatic rings. The first-order chi connectivity index (χ1) is 9.67. The summed E-state index contributed by atoms with van der Waals surface area (Å²) >= 11 is 0. The van der Waals surface area contributed by atoms with E-state index in [-0.39, 0.29) is 11.5 Å². The fourth-order valence-electron chi connectivity index (χ4n) is 2.22. The molecule has 0 radical (unpaired) electrons. The van der Waals surface area contributed by atoms with Gasteiger partial charge in [-0.3, -0.25) is 0 Å². The Morgan fingerprint density at radius 2 is 1.43 bits per heavy atom. The lowest BCUT2D eigenvalue weighted by atomic mass is 10.1. The van der Waals surface area contributed by atoms with Gasteiger partial charge in [0.05, 0.1) is 10.6 Å². The highest BCUT2D eigenvalue weighted by Crippen LogP contribution is 2.29. The number of hydrogen-bond donors (Lipinski definition) is 1. The zero-order chi connectivity index (χ0) is 16.2. The molecule has 1 rings (SSSR count). The average molecular weight is 314 g/mol. The maximum absolute atomic E-state index is 12.3. The van der Waals surface area contributed by atoms with E-state index < -0.39 is 9.84 Å². The summed E-state index contributed by atoms with van der Waals surface area (Å²) in [5, 5.41) is 10.4. The van der Waals surface area contributed by atoms with Gasteiger partial charge < -0.3 is 14.9 Å². The third-order valence-electron chi connectivity index (χ3n) is 3.05. The van der Waals surface area contributed by atoms with E-state index in [0.717, 1.165) is 0 Å². The minimum Gasteiger partial charge on any atom is -0.507 e. The van der Waals surface area contributed by atoms with Crippen LogP contribution in [0.4, 0.5) is 0 Å². The van der Waals surface area contributed by atoms with Crippen LogP contribution in [-0.2, 0) is 22.9 Å². The van der Waals surface area contributed by atoms with Crippen LogP contribution in [0.2, 0.25) is 0 Å². The molecule has 1 N–H and O–H groups in total. The molecule has 0 saturated carbocycles. The van der Waals surface area contributed by atoms with Crippen LogP contribution in [0.25, 0.3) is 0 Å². The number of aromatic hydroxyl groups is 1. The number of rotatable bonds is 7. The largest absolute Gasteiger partial charge is 0.507 e. The van der Waals surface area contributed by atoms with Crippen molar-refractivity contribution in [3.8, 4) is 5.75 Å². The van der Waals surface area contributed by atoms with Gasteiger partial charge in [0.2, 0.25) is 0 Å². The number of nitrogens with zero attached hydrogens (tertiary/aromatic N) is 2. The van der Waals surface area contributed by atoms with Crippen LogP contribution in [0.15, 0.2) is 17.0 Å². The maximum Gasteiger partial charge on any atom is 0.178 e. The molecule has 0 saturated heterocycles. The first-order valence-electron chi connectivity index (χ1n) is 7.04. The number of sulfone groups is 1. The first kappa shape index (κ1) is 17.9. The van der Waals surface area contributed by atoms with Crippen LogP contribution in [0.5, 0.6) is 5.75 Å². The Morgan fingerprint density at radius 3 is 1.76 bits per heavy atom. The Morgan fingerprint density at radius 1 is 1.00 bits per heavy atom. The Labute approximate surface area is 128 Å². The van der Waals surface area contributed by atoms with Gasteiger partial charge in [0.15, 0.2) is 9.84 Å². The van der Waals surface area contributed by atoms with Crippen LogP contribution < -0.4 is 0 Å². The third kappa shape index (κ3) is 4.98. The summed E-state index contributed by atoms with van der Waals surface area (Å²) in [6, 6.07) is 3.19. The van der Waals surface area contributed by atoms with Gasteiger partial charge in [-0.2, -0.15) is 0 Å². The van der Waals surface area contributed by atoms with E-state index in [2.05, 4.69) is 0 Å². The number of hydrogen-bond acceptors (Lipinski definition) is 5. The van der Waals surface area contributed by atoms with Crippen LogP contribution in [0.1, 0.15) is 24.5 Å². The molecule has 0 spiro atoms. The smallest absolute Gasteiger partial charge is 0.178 e. The molecular formula is C15H26N2O3S. The summed E-state index contributed by atoms with van der Waals surface area (Å²) in [7, 11) is 4.26. The van der Waals surface area contributed by atoms with Crippen molar-refractivity contribution >= 4 is 9.84 Å². The van der Waals surface area contributed by atoms with Gasteiger partial charge in [0, 0.05) is 24.2 Å². The molecule has 120 valence electrons. The van der Waals surface area contributed by atoms with Gasteiger partial charge in [-0.25, -0.2) is 8.42 Å². The molecule has 0 aliphatic carbocycles. The van der Waals surface area contributed by atoms with E-state index in [1.807, 2.05) is 44.9 Å². The summed E-state index contributed by atoms with van der Waals surface area (Å²) in [6.07, 6.45) is 0.579. The number of phenolic OH excluding ortho intramolecular Hbond substituents is 1. The van der Waals surface area contributed by atoms with Gasteiger partial charge in [0.25, 0.3) is 0 Å². The summed E-state index contributed by atoms with van der Waals surface area (Å²) in [5.74, 6) is 0.313. The van der Waals surface area contributed by atoms with Gasteiger partial charge in [0.1, 0.15) is 5.75 Å². The maximum atomic E-state index is 12.3. The molecule has 5 nitrogen and oxygen atoms in total. The summed E-state index contributed by atoms with van der Waals surface area (Å²) in [4.78, 5) is 4.12. The molecule has 0 fully saturated rings. The predicted molar refractivity (Wildman–Crippen MR) is 85.2 cm³/mol. The van der Waals surface area contributed by atoms with Crippen molar-refractivity contribution in [2.75, 3.05) is 33.9 Å². The second-order valence-electron chi connectivity index (χ2n) is 5.88. The van der Waals surface area contributed by atoms with E-state index in [1.165, 1.54) is 0 Å². The molecule has 0 aromatic heterocycles. The lowest BCUT2D eigenvalue weighted by Crippen LogP contribution is -2.16. The highest BCUT2D eigenvalue weighted by atomic mass is 32.2. The molecule has 1 aromatic carbocycles. The van der Waals surface area contributed by atoms with Gasteiger partial charge in [-0.05, 0) is 46.7 Å². The third-order valence-corrected chi connectivity index (χ3v) is 4.95. The van der Waals surface area contributed by atoms with Crippen LogP contribution in [-0.4, -0.2) is 57.3 Å². The summed E-state index contributed by atoms with van der Waals surface area (Å²) in [5.41, 5.74) is 1.29. The Balaban J connectivity index is 3.38. The van der Waals surface area contributed by atoms with Gasteiger partial charge in [-0.15, -0.1) is 0 Å². The molecule has 0 amide bonds. The van der Waals surface area contributed by atoms with E-state index in [4.69, 9.17) is 0 Å². The van der Waals surface area contributed by atoms with Crippen LogP contribution >= 0.6 is 0 Å². The number of phenols is 1. The van der Waals surface area contributed by atoms with Crippen molar-refractivity contribution in [2.45, 2.75) is 31.3 Å². The lowest BCUT2D eigenvalue weighted by molar-refractivity contribution is 0.367. The van der Waals surface area contributed by atoms with E-state index in [0.29, 0.717) is 35.5 Å². The zero-order valence-corrected chi connectivity index (χ0v) is 14.4.